The third-order valence-electron chi connectivity index (χ3n) is 1.06. The molecule has 0 aliphatic rings. The fraction of sp³-hybridized carbons (Fsp3) is 0.833. The van der Waals surface area contributed by atoms with Crippen LogP contribution < -0.4 is 5.43 Å². The van der Waals surface area contributed by atoms with Crippen LogP contribution in [-0.4, -0.2) is 32.6 Å². The molecule has 0 radical (unpaired) electrons. The van der Waals surface area contributed by atoms with Crippen molar-refractivity contribution in [2.24, 2.45) is 0 Å². The van der Waals surface area contributed by atoms with Crippen molar-refractivity contribution in [3.05, 3.63) is 6.33 Å². The molecule has 0 saturated heterocycles. The molecular formula is C6H13N5O. The summed E-state index contributed by atoms with van der Waals surface area (Å²) in [7, 11) is 0. The van der Waals surface area contributed by atoms with Gasteiger partial charge in [0.25, 0.3) is 0 Å². The average molecular weight is 171 g/mol. The van der Waals surface area contributed by atoms with Crippen molar-refractivity contribution in [1.29, 1.82) is 0 Å². The first kappa shape index (κ1) is 8.92. The Bertz CT molecular complexity index is 214. The molecule has 1 aromatic heterocycles. The molecule has 0 saturated carbocycles. The summed E-state index contributed by atoms with van der Waals surface area (Å²) in [6.45, 7) is 6.29. The predicted molar refractivity (Wildman–Crippen MR) is 42.9 cm³/mol. The van der Waals surface area contributed by atoms with Crippen LogP contribution in [0.5, 0.6) is 0 Å². The van der Waals surface area contributed by atoms with Crippen LogP contribution in [0, 0.1) is 0 Å². The summed E-state index contributed by atoms with van der Waals surface area (Å²) in [5.41, 5.74) is 2.63. The van der Waals surface area contributed by atoms with E-state index in [1.54, 1.807) is 0 Å². The minimum Gasteiger partial charge on any atom is -0.354 e. The van der Waals surface area contributed by atoms with E-state index in [9.17, 15) is 0 Å². The summed E-state index contributed by atoms with van der Waals surface area (Å²) >= 11 is 0. The second-order valence-electron chi connectivity index (χ2n) is 3.28. The Labute approximate surface area is 70.9 Å². The van der Waals surface area contributed by atoms with Gasteiger partial charge in [0.1, 0.15) is 6.73 Å². The second-order valence-corrected chi connectivity index (χ2v) is 3.28. The zero-order chi connectivity index (χ0) is 9.03. The number of aromatic nitrogens is 4. The topological polar surface area (TPSA) is 64.9 Å². The Hall–Kier alpha value is -1.17. The Kier molecular flexibility index (Phi) is 2.59. The lowest BCUT2D eigenvalue weighted by Crippen LogP contribution is -2.28. The molecule has 0 aromatic carbocycles. The van der Waals surface area contributed by atoms with Crippen molar-refractivity contribution in [2.75, 3.05) is 12.2 Å². The van der Waals surface area contributed by atoms with Gasteiger partial charge in [-0.2, -0.15) is 0 Å². The number of hydrogen-bond acceptors (Lipinski definition) is 5. The fourth-order valence-electron chi connectivity index (χ4n) is 0.546. The molecule has 0 aliphatic heterocycles. The lowest BCUT2D eigenvalue weighted by Gasteiger charge is -2.19. The summed E-state index contributed by atoms with van der Waals surface area (Å²) in [5.74, 6) is 0. The molecule has 0 bridgehead atoms. The van der Waals surface area contributed by atoms with Crippen molar-refractivity contribution in [2.45, 2.75) is 26.4 Å². The van der Waals surface area contributed by atoms with Crippen LogP contribution in [-0.2, 0) is 4.74 Å². The molecule has 68 valence electrons. The zero-order valence-electron chi connectivity index (χ0n) is 7.48. The van der Waals surface area contributed by atoms with Crippen LogP contribution in [0.25, 0.3) is 0 Å². The molecule has 1 N–H and O–H groups in total. The second kappa shape index (κ2) is 3.48. The Morgan fingerprint density at radius 2 is 2.25 bits per heavy atom. The van der Waals surface area contributed by atoms with E-state index in [2.05, 4.69) is 20.8 Å². The van der Waals surface area contributed by atoms with Crippen molar-refractivity contribution in [1.82, 2.24) is 20.3 Å². The van der Waals surface area contributed by atoms with Crippen LogP contribution in [0.3, 0.4) is 0 Å². The molecule has 0 unspecified atom stereocenters. The number of nitrogens with one attached hydrogen (secondary N) is 1. The molecule has 0 atom stereocenters. The van der Waals surface area contributed by atoms with Crippen LogP contribution in [0.4, 0.5) is 0 Å². The molecular weight excluding hydrogens is 158 g/mol. The van der Waals surface area contributed by atoms with Crippen molar-refractivity contribution in [3.63, 3.8) is 0 Å². The maximum Gasteiger partial charge on any atom is 0.164 e. The Morgan fingerprint density at radius 1 is 1.50 bits per heavy atom. The first-order chi connectivity index (χ1) is 5.58. The van der Waals surface area contributed by atoms with E-state index in [0.717, 1.165) is 0 Å². The van der Waals surface area contributed by atoms with Gasteiger partial charge in [-0.3, -0.25) is 5.43 Å². The highest BCUT2D eigenvalue weighted by atomic mass is 16.5. The van der Waals surface area contributed by atoms with Crippen molar-refractivity contribution >= 4 is 0 Å². The van der Waals surface area contributed by atoms with Gasteiger partial charge in [0, 0.05) is 0 Å². The summed E-state index contributed by atoms with van der Waals surface area (Å²) in [5, 5.41) is 10.9. The maximum absolute atomic E-state index is 5.36. The maximum atomic E-state index is 5.36. The Morgan fingerprint density at radius 3 is 2.75 bits per heavy atom. The molecule has 0 spiro atoms. The van der Waals surface area contributed by atoms with E-state index >= 15 is 0 Å². The van der Waals surface area contributed by atoms with Gasteiger partial charge >= 0.3 is 0 Å². The SMILES string of the molecule is CC(C)(C)OCNn1ncnn1. The van der Waals surface area contributed by atoms with Gasteiger partial charge in [-0.25, -0.2) is 0 Å². The van der Waals surface area contributed by atoms with Gasteiger partial charge in [0.2, 0.25) is 0 Å². The quantitative estimate of drug-likeness (QED) is 0.648. The minimum atomic E-state index is -0.159. The number of ether oxygens (including phenoxy) is 1. The first-order valence-electron chi connectivity index (χ1n) is 3.69. The highest BCUT2D eigenvalue weighted by Gasteiger charge is 2.08. The van der Waals surface area contributed by atoms with E-state index in [4.69, 9.17) is 4.74 Å². The van der Waals surface area contributed by atoms with Gasteiger partial charge in [-0.05, 0) is 26.0 Å². The van der Waals surface area contributed by atoms with Crippen LogP contribution in [0.1, 0.15) is 20.8 Å². The monoisotopic (exact) mass is 171 g/mol. The molecule has 6 nitrogen and oxygen atoms in total. The fourth-order valence-corrected chi connectivity index (χ4v) is 0.546. The highest BCUT2D eigenvalue weighted by molar-refractivity contribution is 4.61. The summed E-state index contributed by atoms with van der Waals surface area (Å²) < 4.78 is 5.36. The van der Waals surface area contributed by atoms with Crippen molar-refractivity contribution < 1.29 is 4.74 Å². The standard InChI is InChI=1S/C6H13N5O/c1-6(2,3)12-5-9-11-8-4-7-10-11/h4,9H,5H2,1-3H3. The molecule has 1 heterocycles. The summed E-state index contributed by atoms with van der Waals surface area (Å²) in [6.07, 6.45) is 1.35. The number of tetrazole rings is 1. The van der Waals surface area contributed by atoms with Gasteiger partial charge in [-0.1, -0.05) is 4.91 Å². The van der Waals surface area contributed by atoms with Crippen LogP contribution in [0.15, 0.2) is 6.33 Å². The van der Waals surface area contributed by atoms with Gasteiger partial charge in [-0.15, -0.1) is 10.2 Å². The lowest BCUT2D eigenvalue weighted by atomic mass is 10.2. The van der Waals surface area contributed by atoms with Gasteiger partial charge in [0.15, 0.2) is 6.33 Å². The van der Waals surface area contributed by atoms with E-state index < -0.39 is 0 Å². The molecule has 12 heavy (non-hydrogen) atoms. The normalized spacial score (nSPS) is 11.6. The molecule has 0 amide bonds. The zero-order valence-corrected chi connectivity index (χ0v) is 7.48. The van der Waals surface area contributed by atoms with E-state index in [1.807, 2.05) is 20.8 Å². The van der Waals surface area contributed by atoms with Crippen molar-refractivity contribution in [3.8, 4) is 0 Å². The molecule has 0 aliphatic carbocycles. The molecule has 1 aromatic rings. The predicted octanol–water partition coefficient (Wildman–Crippen LogP) is -0.0108. The number of nitrogens with zero attached hydrogens (tertiary/aromatic N) is 4. The van der Waals surface area contributed by atoms with Gasteiger partial charge in [0.05, 0.1) is 5.60 Å². The third-order valence-corrected chi connectivity index (χ3v) is 1.06. The molecule has 0 fully saturated rings. The van der Waals surface area contributed by atoms with E-state index in [1.165, 1.54) is 11.2 Å². The van der Waals surface area contributed by atoms with E-state index in [-0.39, 0.29) is 5.60 Å². The first-order valence-corrected chi connectivity index (χ1v) is 3.69. The lowest BCUT2D eigenvalue weighted by molar-refractivity contribution is 0.00269. The summed E-state index contributed by atoms with van der Waals surface area (Å²) in [6, 6.07) is 0. The van der Waals surface area contributed by atoms with E-state index in [0.29, 0.717) is 6.73 Å². The number of hydrogen-bond donors (Lipinski definition) is 1. The largest absolute Gasteiger partial charge is 0.354 e. The molecule has 6 heteroatoms. The minimum absolute atomic E-state index is 0.159. The van der Waals surface area contributed by atoms with Crippen LogP contribution in [0.2, 0.25) is 0 Å². The highest BCUT2D eigenvalue weighted by Crippen LogP contribution is 2.04. The third kappa shape index (κ3) is 3.29. The Balaban J connectivity index is 2.20. The summed E-state index contributed by atoms with van der Waals surface area (Å²) in [4.78, 5) is 1.26. The van der Waals surface area contributed by atoms with Crippen LogP contribution >= 0.6 is 0 Å². The molecule has 1 rings (SSSR count). The number of rotatable bonds is 3. The average Bonchev–Trinajstić information content (AvgIpc) is 2.36. The smallest absolute Gasteiger partial charge is 0.164 e. The van der Waals surface area contributed by atoms with Gasteiger partial charge < -0.3 is 4.74 Å².